The topological polar surface area (TPSA) is 38.3 Å². The zero-order valence-corrected chi connectivity index (χ0v) is 10.5. The van der Waals surface area contributed by atoms with Gasteiger partial charge in [0.05, 0.1) is 16.8 Å². The highest BCUT2D eigenvalue weighted by molar-refractivity contribution is 6.11. The molecule has 3 nitrogen and oxygen atoms in total. The lowest BCUT2D eigenvalue weighted by Crippen LogP contribution is -2.20. The van der Waals surface area contributed by atoms with Gasteiger partial charge in [0.25, 0.3) is 0 Å². The number of anilines is 1. The number of ketones is 1. The van der Waals surface area contributed by atoms with E-state index in [2.05, 4.69) is 5.32 Å². The Bertz CT molecular complexity index is 686. The van der Waals surface area contributed by atoms with E-state index in [0.29, 0.717) is 24.6 Å². The van der Waals surface area contributed by atoms with Gasteiger partial charge in [0, 0.05) is 6.54 Å². The average Bonchev–Trinajstić information content (AvgIpc) is 2.48. The van der Waals surface area contributed by atoms with Crippen LogP contribution in [0.1, 0.15) is 15.9 Å². The highest BCUT2D eigenvalue weighted by Gasteiger charge is 2.22. The maximum Gasteiger partial charge on any atom is 0.199 e. The molecule has 0 saturated carbocycles. The van der Waals surface area contributed by atoms with Gasteiger partial charge in [0.1, 0.15) is 18.2 Å². The Hall–Kier alpha value is -2.43. The van der Waals surface area contributed by atoms with E-state index in [0.717, 1.165) is 18.2 Å². The van der Waals surface area contributed by atoms with Gasteiger partial charge in [-0.3, -0.25) is 4.79 Å². The molecule has 0 atom stereocenters. The second-order valence-corrected chi connectivity index (χ2v) is 4.41. The van der Waals surface area contributed by atoms with Crippen molar-refractivity contribution in [2.24, 2.45) is 0 Å². The van der Waals surface area contributed by atoms with Crippen LogP contribution in [0.3, 0.4) is 0 Å². The lowest BCUT2D eigenvalue weighted by molar-refractivity contribution is 0.103. The first-order chi connectivity index (χ1) is 9.66. The molecule has 1 aliphatic heterocycles. The quantitative estimate of drug-likeness (QED) is 0.856. The van der Waals surface area contributed by atoms with E-state index in [4.69, 9.17) is 4.74 Å². The minimum absolute atomic E-state index is 0.221. The van der Waals surface area contributed by atoms with Crippen molar-refractivity contribution in [3.05, 3.63) is 59.2 Å². The number of ether oxygens (including phenoxy) is 1. The van der Waals surface area contributed by atoms with Gasteiger partial charge in [-0.15, -0.1) is 0 Å². The smallest absolute Gasteiger partial charge is 0.199 e. The van der Waals surface area contributed by atoms with Crippen molar-refractivity contribution in [1.29, 1.82) is 0 Å². The number of carbonyl (C=O) groups excluding carboxylic acids is 1. The first-order valence-electron chi connectivity index (χ1n) is 6.16. The zero-order chi connectivity index (χ0) is 14.1. The van der Waals surface area contributed by atoms with Gasteiger partial charge < -0.3 is 10.1 Å². The normalized spacial score (nSPS) is 13.1. The van der Waals surface area contributed by atoms with Crippen LogP contribution in [0.15, 0.2) is 36.4 Å². The molecule has 0 bridgehead atoms. The largest absolute Gasteiger partial charge is 0.489 e. The highest BCUT2D eigenvalue weighted by atomic mass is 19.1. The van der Waals surface area contributed by atoms with Crippen LogP contribution in [-0.2, 0) is 0 Å². The first kappa shape index (κ1) is 12.6. The number of hydrogen-bond donors (Lipinski definition) is 1. The van der Waals surface area contributed by atoms with Crippen LogP contribution in [0.25, 0.3) is 0 Å². The molecule has 0 aliphatic carbocycles. The molecule has 0 fully saturated rings. The Morgan fingerprint density at radius 1 is 1.15 bits per heavy atom. The number of benzene rings is 2. The molecule has 2 aromatic carbocycles. The molecule has 102 valence electrons. The van der Waals surface area contributed by atoms with Crippen molar-refractivity contribution in [2.75, 3.05) is 18.5 Å². The monoisotopic (exact) mass is 275 g/mol. The molecule has 1 N–H and O–H groups in total. The summed E-state index contributed by atoms with van der Waals surface area (Å²) in [6.45, 7) is 1.06. The van der Waals surface area contributed by atoms with Crippen molar-refractivity contribution in [3.8, 4) is 5.75 Å². The minimum Gasteiger partial charge on any atom is -0.489 e. The molecule has 20 heavy (non-hydrogen) atoms. The third-order valence-electron chi connectivity index (χ3n) is 3.10. The van der Waals surface area contributed by atoms with Crippen molar-refractivity contribution in [3.63, 3.8) is 0 Å². The molecular weight excluding hydrogens is 264 g/mol. The Kier molecular flexibility index (Phi) is 3.10. The van der Waals surface area contributed by atoms with Crippen LogP contribution < -0.4 is 10.1 Å². The van der Waals surface area contributed by atoms with Gasteiger partial charge >= 0.3 is 0 Å². The van der Waals surface area contributed by atoms with E-state index >= 15 is 0 Å². The Morgan fingerprint density at radius 2 is 2.00 bits per heavy atom. The third-order valence-corrected chi connectivity index (χ3v) is 3.10. The van der Waals surface area contributed by atoms with E-state index in [1.165, 1.54) is 0 Å². The SMILES string of the molecule is O=C(c1cc(F)ccc1F)c1cccc2c1OCCN2. The van der Waals surface area contributed by atoms with Gasteiger partial charge in [-0.2, -0.15) is 0 Å². The summed E-state index contributed by atoms with van der Waals surface area (Å²) in [6.07, 6.45) is 0. The number of hydrogen-bond acceptors (Lipinski definition) is 3. The lowest BCUT2D eigenvalue weighted by Gasteiger charge is -2.21. The molecule has 0 radical (unpaired) electrons. The minimum atomic E-state index is -0.752. The van der Waals surface area contributed by atoms with Crippen molar-refractivity contribution >= 4 is 11.5 Å². The number of fused-ring (bicyclic) bond motifs is 1. The number of para-hydroxylation sites is 1. The summed E-state index contributed by atoms with van der Waals surface area (Å²) in [5.74, 6) is -1.62. The molecule has 0 aromatic heterocycles. The molecule has 1 aliphatic rings. The molecule has 2 aromatic rings. The fraction of sp³-hybridized carbons (Fsp3) is 0.133. The van der Waals surface area contributed by atoms with Gasteiger partial charge in [0.2, 0.25) is 0 Å². The molecule has 0 amide bonds. The zero-order valence-electron chi connectivity index (χ0n) is 10.5. The summed E-state index contributed by atoms with van der Waals surface area (Å²) in [7, 11) is 0. The van der Waals surface area contributed by atoms with Crippen LogP contribution in [0.4, 0.5) is 14.5 Å². The van der Waals surface area contributed by atoms with Crippen LogP contribution >= 0.6 is 0 Å². The summed E-state index contributed by atoms with van der Waals surface area (Å²) < 4.78 is 32.4. The van der Waals surface area contributed by atoms with Gasteiger partial charge in [-0.25, -0.2) is 8.78 Å². The predicted octanol–water partition coefficient (Wildman–Crippen LogP) is 3.00. The van der Waals surface area contributed by atoms with Crippen molar-refractivity contribution < 1.29 is 18.3 Å². The molecule has 3 rings (SSSR count). The van der Waals surface area contributed by atoms with Crippen LogP contribution in [0.5, 0.6) is 5.75 Å². The predicted molar refractivity (Wildman–Crippen MR) is 70.2 cm³/mol. The molecule has 1 heterocycles. The average molecular weight is 275 g/mol. The molecule has 5 heteroatoms. The Morgan fingerprint density at radius 3 is 2.85 bits per heavy atom. The van der Waals surface area contributed by atoms with E-state index < -0.39 is 17.4 Å². The third kappa shape index (κ3) is 2.11. The first-order valence-corrected chi connectivity index (χ1v) is 6.16. The van der Waals surface area contributed by atoms with Gasteiger partial charge in [-0.1, -0.05) is 6.07 Å². The fourth-order valence-corrected chi connectivity index (χ4v) is 2.17. The number of carbonyl (C=O) groups is 1. The molecule has 0 saturated heterocycles. The summed E-state index contributed by atoms with van der Waals surface area (Å²) in [5.41, 5.74) is 0.602. The second kappa shape index (κ2) is 4.92. The number of halogens is 2. The summed E-state index contributed by atoms with van der Waals surface area (Å²) >= 11 is 0. The van der Waals surface area contributed by atoms with Crippen LogP contribution in [0.2, 0.25) is 0 Å². The second-order valence-electron chi connectivity index (χ2n) is 4.41. The maximum atomic E-state index is 13.7. The van der Waals surface area contributed by atoms with Crippen molar-refractivity contribution in [2.45, 2.75) is 0 Å². The maximum absolute atomic E-state index is 13.7. The number of nitrogens with one attached hydrogen (secondary N) is 1. The summed E-state index contributed by atoms with van der Waals surface area (Å²) in [5, 5.41) is 3.09. The number of rotatable bonds is 2. The fourth-order valence-electron chi connectivity index (χ4n) is 2.17. The highest BCUT2D eigenvalue weighted by Crippen LogP contribution is 2.33. The summed E-state index contributed by atoms with van der Waals surface area (Å²) in [6, 6.07) is 7.80. The Balaban J connectivity index is 2.09. The Labute approximate surface area is 114 Å². The standard InChI is InChI=1S/C15H11F2NO2/c16-9-4-5-12(17)11(8-9)14(19)10-2-1-3-13-15(10)20-7-6-18-13/h1-5,8,18H,6-7H2. The molecule has 0 unspecified atom stereocenters. The molecular formula is C15H11F2NO2. The van der Waals surface area contributed by atoms with Gasteiger partial charge in [0.15, 0.2) is 11.5 Å². The van der Waals surface area contributed by atoms with E-state index in [1.807, 2.05) is 0 Å². The summed E-state index contributed by atoms with van der Waals surface area (Å²) in [4.78, 5) is 12.4. The van der Waals surface area contributed by atoms with E-state index in [1.54, 1.807) is 18.2 Å². The molecule has 0 spiro atoms. The van der Waals surface area contributed by atoms with Crippen LogP contribution in [0, 0.1) is 11.6 Å². The van der Waals surface area contributed by atoms with Crippen LogP contribution in [-0.4, -0.2) is 18.9 Å². The van der Waals surface area contributed by atoms with Crippen molar-refractivity contribution in [1.82, 2.24) is 0 Å². The van der Waals surface area contributed by atoms with Gasteiger partial charge in [-0.05, 0) is 30.3 Å². The van der Waals surface area contributed by atoms with E-state index in [9.17, 15) is 13.6 Å². The van der Waals surface area contributed by atoms with E-state index in [-0.39, 0.29) is 11.1 Å². The lowest BCUT2D eigenvalue weighted by atomic mass is 10.0.